The van der Waals surface area contributed by atoms with Crippen molar-refractivity contribution in [3.63, 3.8) is 0 Å². The first kappa shape index (κ1) is 12.2. The third-order valence-electron chi connectivity index (χ3n) is 2.76. The van der Waals surface area contributed by atoms with Crippen molar-refractivity contribution in [1.29, 1.82) is 0 Å². The summed E-state index contributed by atoms with van der Waals surface area (Å²) in [6, 6.07) is 6.26. The number of fused-ring (bicyclic) bond motifs is 1. The van der Waals surface area contributed by atoms with Gasteiger partial charge in [-0.25, -0.2) is 0 Å². The number of nitrogens with one attached hydrogen (secondary N) is 1. The zero-order valence-corrected chi connectivity index (χ0v) is 10.6. The SMILES string of the molecule is CC(NCC(C)(C)N)c1ccc2c(c1)OCO2. The Morgan fingerprint density at radius 3 is 2.76 bits per heavy atom. The minimum atomic E-state index is -0.204. The molecule has 17 heavy (non-hydrogen) atoms. The summed E-state index contributed by atoms with van der Waals surface area (Å²) in [5, 5.41) is 3.41. The van der Waals surface area contributed by atoms with Crippen LogP contribution in [0.5, 0.6) is 11.5 Å². The van der Waals surface area contributed by atoms with Gasteiger partial charge in [0.2, 0.25) is 6.79 Å². The Hall–Kier alpha value is -1.26. The van der Waals surface area contributed by atoms with Crippen LogP contribution in [0, 0.1) is 0 Å². The molecule has 4 heteroatoms. The van der Waals surface area contributed by atoms with Crippen molar-refractivity contribution in [2.45, 2.75) is 32.4 Å². The van der Waals surface area contributed by atoms with Gasteiger partial charge in [-0.2, -0.15) is 0 Å². The number of ether oxygens (including phenoxy) is 2. The van der Waals surface area contributed by atoms with Gasteiger partial charge in [0.05, 0.1) is 0 Å². The van der Waals surface area contributed by atoms with E-state index in [0.29, 0.717) is 6.79 Å². The maximum absolute atomic E-state index is 5.94. The molecular formula is C13H20N2O2. The van der Waals surface area contributed by atoms with E-state index < -0.39 is 0 Å². The van der Waals surface area contributed by atoms with Crippen LogP contribution in [0.2, 0.25) is 0 Å². The molecular weight excluding hydrogens is 216 g/mol. The molecule has 1 unspecified atom stereocenters. The second-order valence-electron chi connectivity index (χ2n) is 5.20. The molecule has 0 saturated carbocycles. The first-order valence-electron chi connectivity index (χ1n) is 5.87. The molecule has 94 valence electrons. The molecule has 0 bridgehead atoms. The number of nitrogens with two attached hydrogens (primary N) is 1. The highest BCUT2D eigenvalue weighted by Gasteiger charge is 2.17. The zero-order valence-electron chi connectivity index (χ0n) is 10.6. The molecule has 1 atom stereocenters. The minimum absolute atomic E-state index is 0.204. The number of hydrogen-bond donors (Lipinski definition) is 2. The second-order valence-corrected chi connectivity index (χ2v) is 5.20. The Balaban J connectivity index is 2.02. The van der Waals surface area contributed by atoms with Gasteiger partial charge in [-0.3, -0.25) is 0 Å². The van der Waals surface area contributed by atoms with E-state index in [1.54, 1.807) is 0 Å². The molecule has 0 radical (unpaired) electrons. The Bertz CT molecular complexity index is 399. The Labute approximate surface area is 102 Å². The van der Waals surface area contributed by atoms with E-state index in [1.807, 2.05) is 26.0 Å². The van der Waals surface area contributed by atoms with Gasteiger partial charge >= 0.3 is 0 Å². The molecule has 0 aromatic heterocycles. The molecule has 2 rings (SSSR count). The summed E-state index contributed by atoms with van der Waals surface area (Å²) in [6.07, 6.45) is 0. The summed E-state index contributed by atoms with van der Waals surface area (Å²) in [6.45, 7) is 7.21. The smallest absolute Gasteiger partial charge is 0.231 e. The van der Waals surface area contributed by atoms with Crippen molar-refractivity contribution in [3.8, 4) is 11.5 Å². The monoisotopic (exact) mass is 236 g/mol. The van der Waals surface area contributed by atoms with Crippen LogP contribution >= 0.6 is 0 Å². The quantitative estimate of drug-likeness (QED) is 0.837. The Morgan fingerprint density at radius 2 is 2.06 bits per heavy atom. The highest BCUT2D eigenvalue weighted by atomic mass is 16.7. The van der Waals surface area contributed by atoms with E-state index in [1.165, 1.54) is 5.56 Å². The highest BCUT2D eigenvalue weighted by Crippen LogP contribution is 2.34. The lowest BCUT2D eigenvalue weighted by Gasteiger charge is -2.23. The molecule has 1 aliphatic rings. The van der Waals surface area contributed by atoms with Crippen molar-refractivity contribution in [3.05, 3.63) is 23.8 Å². The summed E-state index contributed by atoms with van der Waals surface area (Å²) < 4.78 is 10.6. The van der Waals surface area contributed by atoms with Gasteiger partial charge in [-0.15, -0.1) is 0 Å². The van der Waals surface area contributed by atoms with E-state index in [-0.39, 0.29) is 11.6 Å². The van der Waals surface area contributed by atoms with Crippen LogP contribution in [-0.4, -0.2) is 18.9 Å². The van der Waals surface area contributed by atoms with Gasteiger partial charge in [0.15, 0.2) is 11.5 Å². The van der Waals surface area contributed by atoms with E-state index in [2.05, 4.69) is 18.3 Å². The molecule has 1 heterocycles. The van der Waals surface area contributed by atoms with Gasteiger partial charge in [0.25, 0.3) is 0 Å². The zero-order chi connectivity index (χ0) is 12.5. The van der Waals surface area contributed by atoms with Crippen LogP contribution in [-0.2, 0) is 0 Å². The molecule has 0 fully saturated rings. The lowest BCUT2D eigenvalue weighted by Crippen LogP contribution is -2.43. The summed E-state index contributed by atoms with van der Waals surface area (Å²) in [5.74, 6) is 1.64. The van der Waals surface area contributed by atoms with E-state index in [0.717, 1.165) is 18.0 Å². The molecule has 1 aromatic rings. The predicted molar refractivity (Wildman–Crippen MR) is 67.2 cm³/mol. The van der Waals surface area contributed by atoms with Crippen molar-refractivity contribution in [2.24, 2.45) is 5.73 Å². The Kier molecular flexibility index (Phi) is 3.26. The van der Waals surface area contributed by atoms with Crippen molar-refractivity contribution >= 4 is 0 Å². The predicted octanol–water partition coefficient (Wildman–Crippen LogP) is 1.80. The fourth-order valence-corrected chi connectivity index (χ4v) is 1.72. The topological polar surface area (TPSA) is 56.5 Å². The maximum Gasteiger partial charge on any atom is 0.231 e. The van der Waals surface area contributed by atoms with Crippen molar-refractivity contribution in [2.75, 3.05) is 13.3 Å². The molecule has 1 aliphatic heterocycles. The van der Waals surface area contributed by atoms with Crippen LogP contribution in [0.3, 0.4) is 0 Å². The normalized spacial score (nSPS) is 16.0. The van der Waals surface area contributed by atoms with E-state index in [9.17, 15) is 0 Å². The fourth-order valence-electron chi connectivity index (χ4n) is 1.72. The van der Waals surface area contributed by atoms with Crippen LogP contribution in [0.1, 0.15) is 32.4 Å². The third kappa shape index (κ3) is 3.11. The summed E-state index contributed by atoms with van der Waals surface area (Å²) in [4.78, 5) is 0. The molecule has 0 saturated heterocycles. The van der Waals surface area contributed by atoms with Gasteiger partial charge in [0.1, 0.15) is 0 Å². The van der Waals surface area contributed by atoms with Crippen molar-refractivity contribution < 1.29 is 9.47 Å². The maximum atomic E-state index is 5.94. The standard InChI is InChI=1S/C13H20N2O2/c1-9(15-7-13(2,3)14)10-4-5-11-12(6-10)17-8-16-11/h4-6,9,15H,7-8,14H2,1-3H3. The summed E-state index contributed by atoms with van der Waals surface area (Å²) in [5.41, 5.74) is 6.92. The molecule has 1 aromatic carbocycles. The van der Waals surface area contributed by atoms with E-state index >= 15 is 0 Å². The first-order valence-corrected chi connectivity index (χ1v) is 5.87. The number of benzene rings is 1. The highest BCUT2D eigenvalue weighted by molar-refractivity contribution is 5.45. The largest absolute Gasteiger partial charge is 0.454 e. The van der Waals surface area contributed by atoms with Crippen LogP contribution in [0.4, 0.5) is 0 Å². The van der Waals surface area contributed by atoms with Gasteiger partial charge in [-0.05, 0) is 38.5 Å². The summed E-state index contributed by atoms with van der Waals surface area (Å²) in [7, 11) is 0. The molecule has 4 nitrogen and oxygen atoms in total. The third-order valence-corrected chi connectivity index (χ3v) is 2.76. The average Bonchev–Trinajstić information content (AvgIpc) is 2.71. The lowest BCUT2D eigenvalue weighted by molar-refractivity contribution is 0.174. The Morgan fingerprint density at radius 1 is 1.35 bits per heavy atom. The molecule has 0 aliphatic carbocycles. The van der Waals surface area contributed by atoms with Gasteiger partial charge in [0, 0.05) is 18.1 Å². The summed E-state index contributed by atoms with van der Waals surface area (Å²) >= 11 is 0. The molecule has 0 amide bonds. The van der Waals surface area contributed by atoms with Gasteiger partial charge in [-0.1, -0.05) is 6.07 Å². The van der Waals surface area contributed by atoms with Crippen molar-refractivity contribution in [1.82, 2.24) is 5.32 Å². The molecule has 3 N–H and O–H groups in total. The fraction of sp³-hybridized carbons (Fsp3) is 0.538. The van der Waals surface area contributed by atoms with E-state index in [4.69, 9.17) is 15.2 Å². The van der Waals surface area contributed by atoms with Crippen LogP contribution in [0.15, 0.2) is 18.2 Å². The minimum Gasteiger partial charge on any atom is -0.454 e. The lowest BCUT2D eigenvalue weighted by atomic mass is 10.0. The first-order chi connectivity index (χ1) is 7.96. The number of hydrogen-bond acceptors (Lipinski definition) is 4. The van der Waals surface area contributed by atoms with Crippen LogP contribution in [0.25, 0.3) is 0 Å². The average molecular weight is 236 g/mol. The second kappa shape index (κ2) is 4.55. The van der Waals surface area contributed by atoms with Gasteiger partial charge < -0.3 is 20.5 Å². The number of rotatable bonds is 4. The van der Waals surface area contributed by atoms with Crippen LogP contribution < -0.4 is 20.5 Å². The molecule has 0 spiro atoms.